The lowest BCUT2D eigenvalue weighted by molar-refractivity contribution is -0.384. The summed E-state index contributed by atoms with van der Waals surface area (Å²) in [5.41, 5.74) is -0.483. The molecule has 0 aliphatic carbocycles. The van der Waals surface area contributed by atoms with E-state index in [1.54, 1.807) is 52.0 Å². The number of nitro groups is 1. The summed E-state index contributed by atoms with van der Waals surface area (Å²) in [4.78, 5) is 65.2. The fourth-order valence-corrected chi connectivity index (χ4v) is 7.42. The van der Waals surface area contributed by atoms with Crippen molar-refractivity contribution >= 4 is 39.4 Å². The number of carbonyl (C=O) groups excluding carboxylic acids is 4. The third-order valence-electron chi connectivity index (χ3n) is 9.89. The van der Waals surface area contributed by atoms with Gasteiger partial charge in [0.1, 0.15) is 49.6 Å². The van der Waals surface area contributed by atoms with E-state index in [-0.39, 0.29) is 42.4 Å². The molecule has 0 saturated carbocycles. The second-order valence-electron chi connectivity index (χ2n) is 14.6. The lowest BCUT2D eigenvalue weighted by Gasteiger charge is -2.38. The van der Waals surface area contributed by atoms with Crippen LogP contribution in [0.4, 0.5) is 5.69 Å². The molecular weight excluding hydrogens is 799 g/mol. The summed E-state index contributed by atoms with van der Waals surface area (Å²) >= 11 is 0. The molecule has 4 aromatic rings. The van der Waals surface area contributed by atoms with Crippen LogP contribution in [0.25, 0.3) is 0 Å². The average Bonchev–Trinajstić information content (AvgIpc) is 3.24. The van der Waals surface area contributed by atoms with Gasteiger partial charge in [0.2, 0.25) is 27.7 Å². The number of rotatable bonds is 14. The lowest BCUT2D eigenvalue weighted by Crippen LogP contribution is -2.65. The highest BCUT2D eigenvalue weighted by Gasteiger charge is 2.45. The minimum Gasteiger partial charge on any atom is -0.485 e. The summed E-state index contributed by atoms with van der Waals surface area (Å²) in [6, 6.07) is 21.2. The van der Waals surface area contributed by atoms with E-state index < -0.39 is 85.8 Å². The molecule has 5 rings (SSSR count). The molecular formula is C42H47N5O12S. The van der Waals surface area contributed by atoms with Crippen molar-refractivity contribution < 1.29 is 51.8 Å². The van der Waals surface area contributed by atoms with Crippen LogP contribution in [0.2, 0.25) is 0 Å². The van der Waals surface area contributed by atoms with Gasteiger partial charge in [-0.25, -0.2) is 8.42 Å². The Bertz CT molecular complexity index is 2280. The SMILES string of the molecule is CC[C@@]1(C)Oc2cc(ccc2OCc2ccccc2)[C@@H](O)C(NS(=O)(=O)c2ccc([N+](=O)[O-])cc2)C(=O)N[C@@H](C(C)C)C(=O)N[C@@H]1C(=O)NCC(=O)OCc1ccccc1. The first-order valence-electron chi connectivity index (χ1n) is 19.0. The highest BCUT2D eigenvalue weighted by molar-refractivity contribution is 7.89. The Kier molecular flexibility index (Phi) is 14.6. The van der Waals surface area contributed by atoms with E-state index in [0.717, 1.165) is 35.4 Å². The van der Waals surface area contributed by atoms with Gasteiger partial charge in [-0.15, -0.1) is 0 Å². The second kappa shape index (κ2) is 19.6. The number of nitrogens with zero attached hydrogens (tertiary/aromatic N) is 1. The molecule has 0 fully saturated rings. The monoisotopic (exact) mass is 845 g/mol. The van der Waals surface area contributed by atoms with Crippen LogP contribution in [0.3, 0.4) is 0 Å². The lowest BCUT2D eigenvalue weighted by atomic mass is 9.91. The Labute approximate surface area is 347 Å². The van der Waals surface area contributed by atoms with E-state index >= 15 is 0 Å². The minimum atomic E-state index is -4.65. The van der Waals surface area contributed by atoms with Gasteiger partial charge >= 0.3 is 5.97 Å². The van der Waals surface area contributed by atoms with Crippen LogP contribution in [0, 0.1) is 16.0 Å². The molecule has 18 heteroatoms. The first kappa shape index (κ1) is 44.7. The standard InChI is InChI=1S/C42H47N5O12S/c1-5-42(4)38(41(52)43-23-34(48)58-25-28-14-10-7-11-15-28)45-39(50)35(26(2)3)44-40(51)36(46-60(55,56)31-19-17-30(18-20-31)47(53)54)37(49)29-16-21-32(33(22-29)59-42)57-24-27-12-8-6-9-13-27/h6-22,26,35-38,46,49H,5,23-25H2,1-4H3,(H,43,52)(H,44,51)(H,45,50)/t35-,36?,37+,38+,42+/m0/s1. The van der Waals surface area contributed by atoms with Gasteiger partial charge in [-0.3, -0.25) is 29.3 Å². The van der Waals surface area contributed by atoms with Gasteiger partial charge in [0.25, 0.3) is 5.69 Å². The Morgan fingerprint density at radius 1 is 0.917 bits per heavy atom. The zero-order valence-electron chi connectivity index (χ0n) is 33.3. The van der Waals surface area contributed by atoms with Crippen LogP contribution in [0.15, 0.2) is 108 Å². The van der Waals surface area contributed by atoms with E-state index in [1.807, 2.05) is 36.4 Å². The van der Waals surface area contributed by atoms with E-state index in [4.69, 9.17) is 14.2 Å². The quantitative estimate of drug-likeness (QED) is 0.0695. The molecule has 3 amide bonds. The largest absolute Gasteiger partial charge is 0.485 e. The highest BCUT2D eigenvalue weighted by Crippen LogP contribution is 2.37. The summed E-state index contributed by atoms with van der Waals surface area (Å²) < 4.78 is 47.6. The van der Waals surface area contributed by atoms with E-state index in [2.05, 4.69) is 20.7 Å². The Hall–Kier alpha value is -6.37. The third kappa shape index (κ3) is 11.2. The van der Waals surface area contributed by atoms with Gasteiger partial charge in [0.05, 0.1) is 9.82 Å². The Morgan fingerprint density at radius 2 is 1.53 bits per heavy atom. The molecule has 2 bridgehead atoms. The van der Waals surface area contributed by atoms with Crippen molar-refractivity contribution in [1.29, 1.82) is 0 Å². The zero-order chi connectivity index (χ0) is 43.6. The number of nitrogens with one attached hydrogen (secondary N) is 4. The third-order valence-corrected chi connectivity index (χ3v) is 11.3. The molecule has 0 saturated heterocycles. The number of aliphatic hydroxyl groups excluding tert-OH is 1. The molecule has 0 spiro atoms. The van der Waals surface area contributed by atoms with Crippen molar-refractivity contribution in [3.05, 3.63) is 130 Å². The molecule has 318 valence electrons. The Morgan fingerprint density at radius 3 is 2.12 bits per heavy atom. The predicted molar refractivity (Wildman–Crippen MR) is 217 cm³/mol. The molecule has 0 aromatic heterocycles. The normalized spacial score (nSPS) is 20.8. The van der Waals surface area contributed by atoms with Crippen LogP contribution >= 0.6 is 0 Å². The van der Waals surface area contributed by atoms with Crippen molar-refractivity contribution in [3.63, 3.8) is 0 Å². The predicted octanol–water partition coefficient (Wildman–Crippen LogP) is 3.60. The van der Waals surface area contributed by atoms with Crippen molar-refractivity contribution in [2.24, 2.45) is 5.92 Å². The van der Waals surface area contributed by atoms with Crippen LogP contribution < -0.4 is 30.1 Å². The molecule has 1 aliphatic rings. The summed E-state index contributed by atoms with van der Waals surface area (Å²) in [6.07, 6.45) is -1.85. The molecule has 5 atom stereocenters. The molecule has 1 heterocycles. The number of fused-ring (bicyclic) bond motifs is 2. The number of hydrogen-bond acceptors (Lipinski definition) is 12. The van der Waals surface area contributed by atoms with Gasteiger partial charge in [0.15, 0.2) is 11.5 Å². The number of hydrogen-bond donors (Lipinski definition) is 5. The maximum Gasteiger partial charge on any atom is 0.325 e. The molecule has 0 radical (unpaired) electrons. The number of benzene rings is 4. The number of nitro benzene ring substituents is 1. The zero-order valence-corrected chi connectivity index (χ0v) is 34.1. The first-order chi connectivity index (χ1) is 28.5. The van der Waals surface area contributed by atoms with Crippen LogP contribution in [0.1, 0.15) is 56.9 Å². The fraction of sp³-hybridized carbons (Fsp3) is 0.333. The van der Waals surface area contributed by atoms with Crippen molar-refractivity contribution in [1.82, 2.24) is 20.7 Å². The van der Waals surface area contributed by atoms with E-state index in [1.165, 1.54) is 18.2 Å². The minimum absolute atomic E-state index is 0.0242. The molecule has 4 aromatic carbocycles. The van der Waals surface area contributed by atoms with E-state index in [0.29, 0.717) is 0 Å². The molecule has 17 nitrogen and oxygen atoms in total. The summed E-state index contributed by atoms with van der Waals surface area (Å²) in [5, 5.41) is 30.8. The number of esters is 1. The van der Waals surface area contributed by atoms with Gasteiger partial charge < -0.3 is 35.3 Å². The van der Waals surface area contributed by atoms with Crippen LogP contribution in [-0.4, -0.2) is 72.4 Å². The maximum absolute atomic E-state index is 14.2. The smallest absolute Gasteiger partial charge is 0.325 e. The van der Waals surface area contributed by atoms with Gasteiger partial charge in [0, 0.05) is 12.1 Å². The molecule has 1 aliphatic heterocycles. The molecule has 5 N–H and O–H groups in total. The van der Waals surface area contributed by atoms with Crippen LogP contribution in [0.5, 0.6) is 11.5 Å². The molecule has 60 heavy (non-hydrogen) atoms. The summed E-state index contributed by atoms with van der Waals surface area (Å²) in [7, 11) is -4.65. The molecule has 1 unspecified atom stereocenters. The number of carbonyl (C=O) groups is 4. The number of amides is 3. The average molecular weight is 846 g/mol. The Balaban J connectivity index is 1.54. The summed E-state index contributed by atoms with van der Waals surface area (Å²) in [6.45, 7) is 5.91. The van der Waals surface area contributed by atoms with Crippen LogP contribution in [-0.2, 0) is 47.2 Å². The van der Waals surface area contributed by atoms with Crippen molar-refractivity contribution in [2.45, 2.75) is 82.1 Å². The fourth-order valence-electron chi connectivity index (χ4n) is 6.22. The number of aliphatic hydroxyl groups is 1. The number of non-ortho nitro benzene ring substituents is 1. The topological polar surface area (TPSA) is 242 Å². The summed E-state index contributed by atoms with van der Waals surface area (Å²) in [5.74, 6) is -4.14. The highest BCUT2D eigenvalue weighted by atomic mass is 32.2. The van der Waals surface area contributed by atoms with E-state index in [9.17, 15) is 42.8 Å². The number of sulfonamides is 1. The van der Waals surface area contributed by atoms with Gasteiger partial charge in [-0.05, 0) is 60.2 Å². The second-order valence-corrected chi connectivity index (χ2v) is 16.3. The van der Waals surface area contributed by atoms with Crippen molar-refractivity contribution in [3.8, 4) is 11.5 Å². The van der Waals surface area contributed by atoms with Gasteiger partial charge in [-0.1, -0.05) is 87.5 Å². The van der Waals surface area contributed by atoms with Gasteiger partial charge in [-0.2, -0.15) is 4.72 Å². The maximum atomic E-state index is 14.2. The van der Waals surface area contributed by atoms with Crippen molar-refractivity contribution in [2.75, 3.05) is 6.54 Å². The number of ether oxygens (including phenoxy) is 3. The first-order valence-corrected chi connectivity index (χ1v) is 20.5.